The van der Waals surface area contributed by atoms with Gasteiger partial charge in [0.1, 0.15) is 11.9 Å². The highest BCUT2D eigenvalue weighted by atomic mass is 35.5. The van der Waals surface area contributed by atoms with E-state index in [-0.39, 0.29) is 12.4 Å². The average Bonchev–Trinajstić information content (AvgIpc) is 2.65. The van der Waals surface area contributed by atoms with Crippen LogP contribution in [0.5, 0.6) is 5.75 Å². The van der Waals surface area contributed by atoms with Crippen LogP contribution in [-0.4, -0.2) is 13.5 Å². The van der Waals surface area contributed by atoms with E-state index < -0.39 is 16.1 Å². The van der Waals surface area contributed by atoms with E-state index in [2.05, 4.69) is 0 Å². The maximum atomic E-state index is 11.6. The van der Waals surface area contributed by atoms with Crippen LogP contribution in [0.4, 0.5) is 0 Å². The Bertz CT molecular complexity index is 1160. The molecule has 4 rings (SSSR count). The Hall–Kier alpha value is -2.38. The van der Waals surface area contributed by atoms with Crippen molar-refractivity contribution in [1.29, 1.82) is 0 Å². The first kappa shape index (κ1) is 19.0. The van der Waals surface area contributed by atoms with Gasteiger partial charge < -0.3 is 9.84 Å². The van der Waals surface area contributed by atoms with Crippen LogP contribution >= 0.6 is 11.6 Å². The van der Waals surface area contributed by atoms with Gasteiger partial charge in [-0.2, -0.15) is 0 Å². The molecule has 0 aliphatic carbocycles. The molecule has 1 unspecified atom stereocenters. The quantitative estimate of drug-likeness (QED) is 0.678. The maximum Gasteiger partial charge on any atom is 0.213 e. The van der Waals surface area contributed by atoms with Crippen LogP contribution < -0.4 is 9.88 Å². The molecule has 0 fully saturated rings. The predicted octanol–water partition coefficient (Wildman–Crippen LogP) is 3.77. The molecule has 0 radical (unpaired) electrons. The summed E-state index contributed by atoms with van der Waals surface area (Å²) in [6.45, 7) is -0.132. The molecule has 5 nitrogen and oxygen atoms in total. The predicted molar refractivity (Wildman–Crippen MR) is 109 cm³/mol. The average molecular weight is 416 g/mol. The third kappa shape index (κ3) is 3.64. The fourth-order valence-corrected chi connectivity index (χ4v) is 4.44. The number of rotatable bonds is 4. The van der Waals surface area contributed by atoms with Gasteiger partial charge in [0.15, 0.2) is 0 Å². The topological polar surface area (TPSA) is 89.6 Å². The molecule has 0 bridgehead atoms. The van der Waals surface area contributed by atoms with Gasteiger partial charge >= 0.3 is 0 Å². The molecular weight excluding hydrogens is 398 g/mol. The molecule has 1 aliphatic rings. The molecule has 0 saturated carbocycles. The van der Waals surface area contributed by atoms with E-state index >= 15 is 0 Å². The van der Waals surface area contributed by atoms with Gasteiger partial charge in [-0.05, 0) is 40.5 Å². The van der Waals surface area contributed by atoms with Gasteiger partial charge in [-0.15, -0.1) is 0 Å². The largest absolute Gasteiger partial charge is 0.480 e. The van der Waals surface area contributed by atoms with Crippen molar-refractivity contribution >= 4 is 21.6 Å². The van der Waals surface area contributed by atoms with E-state index in [1.807, 2.05) is 42.5 Å². The molecular formula is C21H18ClNO4S. The summed E-state index contributed by atoms with van der Waals surface area (Å²) in [6.07, 6.45) is -0.462. The molecule has 0 saturated heterocycles. The van der Waals surface area contributed by atoms with Gasteiger partial charge in [-0.3, -0.25) is 0 Å². The van der Waals surface area contributed by atoms with Crippen LogP contribution in [0.3, 0.4) is 0 Å². The summed E-state index contributed by atoms with van der Waals surface area (Å²) in [7, 11) is -3.67. The molecule has 1 heterocycles. The Labute approximate surface area is 168 Å². The zero-order valence-corrected chi connectivity index (χ0v) is 16.4. The third-order valence-electron chi connectivity index (χ3n) is 4.71. The van der Waals surface area contributed by atoms with E-state index in [9.17, 15) is 13.5 Å². The Morgan fingerprint density at radius 2 is 1.86 bits per heavy atom. The van der Waals surface area contributed by atoms with Crippen LogP contribution in [-0.2, 0) is 22.4 Å². The van der Waals surface area contributed by atoms with Crippen molar-refractivity contribution in [3.8, 4) is 16.9 Å². The number of aliphatic hydroxyl groups is 1. The second-order valence-electron chi connectivity index (χ2n) is 6.73. The number of halogens is 1. The fraction of sp³-hybridized carbons (Fsp3) is 0.143. The van der Waals surface area contributed by atoms with Crippen LogP contribution in [0.2, 0.25) is 5.02 Å². The van der Waals surface area contributed by atoms with Crippen molar-refractivity contribution in [2.75, 3.05) is 0 Å². The van der Waals surface area contributed by atoms with E-state index in [4.69, 9.17) is 21.5 Å². The lowest BCUT2D eigenvalue weighted by Crippen LogP contribution is -2.18. The SMILES string of the molecule is NS(=O)(=O)Cc1ccc2c(c1)C(c1cccc(Cl)c1)Oc1cccc(CO)c1-2. The summed E-state index contributed by atoms with van der Waals surface area (Å²) in [4.78, 5) is 0. The molecule has 3 aromatic rings. The maximum absolute atomic E-state index is 11.6. The van der Waals surface area contributed by atoms with E-state index in [0.717, 1.165) is 27.8 Å². The van der Waals surface area contributed by atoms with Crippen LogP contribution in [0.15, 0.2) is 60.7 Å². The molecule has 0 aromatic heterocycles. The van der Waals surface area contributed by atoms with Crippen molar-refractivity contribution in [3.05, 3.63) is 87.9 Å². The number of nitrogens with two attached hydrogens (primary N) is 1. The summed E-state index contributed by atoms with van der Waals surface area (Å²) in [6, 6.07) is 18.3. The first-order valence-corrected chi connectivity index (χ1v) is 10.7. The molecule has 28 heavy (non-hydrogen) atoms. The number of sulfonamides is 1. The minimum absolute atomic E-state index is 0.132. The van der Waals surface area contributed by atoms with Crippen molar-refractivity contribution in [2.45, 2.75) is 18.5 Å². The van der Waals surface area contributed by atoms with Crippen molar-refractivity contribution in [1.82, 2.24) is 0 Å². The first-order valence-electron chi connectivity index (χ1n) is 8.64. The van der Waals surface area contributed by atoms with E-state index in [1.54, 1.807) is 18.2 Å². The Morgan fingerprint density at radius 3 is 2.57 bits per heavy atom. The van der Waals surface area contributed by atoms with Crippen molar-refractivity contribution in [2.24, 2.45) is 5.14 Å². The van der Waals surface area contributed by atoms with Crippen molar-refractivity contribution < 1.29 is 18.3 Å². The zero-order valence-electron chi connectivity index (χ0n) is 14.8. The summed E-state index contributed by atoms with van der Waals surface area (Å²) in [5, 5.41) is 15.6. The molecule has 7 heteroatoms. The number of hydrogen-bond donors (Lipinski definition) is 2. The summed E-state index contributed by atoms with van der Waals surface area (Å²) >= 11 is 6.17. The number of primary sulfonamides is 1. The standard InChI is InChI=1S/C21H18ClNO4S/c22-16-5-1-3-14(10-16)21-18-9-13(12-28(23,25)26)7-8-17(18)20-15(11-24)4-2-6-19(20)27-21/h1-10,21,24H,11-12H2,(H2,23,25,26). The van der Waals surface area contributed by atoms with Crippen molar-refractivity contribution in [3.63, 3.8) is 0 Å². The van der Waals surface area contributed by atoms with Gasteiger partial charge in [0, 0.05) is 16.1 Å². The number of hydrogen-bond acceptors (Lipinski definition) is 4. The Morgan fingerprint density at radius 1 is 1.07 bits per heavy atom. The molecule has 3 aromatic carbocycles. The number of benzene rings is 3. The lowest BCUT2D eigenvalue weighted by Gasteiger charge is -2.31. The van der Waals surface area contributed by atoms with Crippen LogP contribution in [0.25, 0.3) is 11.1 Å². The molecule has 0 spiro atoms. The highest BCUT2D eigenvalue weighted by Gasteiger charge is 2.29. The van der Waals surface area contributed by atoms with Gasteiger partial charge in [0.25, 0.3) is 0 Å². The second kappa shape index (κ2) is 7.22. The smallest absolute Gasteiger partial charge is 0.213 e. The first-order chi connectivity index (χ1) is 13.4. The molecule has 1 atom stereocenters. The summed E-state index contributed by atoms with van der Waals surface area (Å²) < 4.78 is 29.4. The number of fused-ring (bicyclic) bond motifs is 3. The van der Waals surface area contributed by atoms with E-state index in [1.165, 1.54) is 0 Å². The molecule has 0 amide bonds. The van der Waals surface area contributed by atoms with Crippen LogP contribution in [0, 0.1) is 0 Å². The lowest BCUT2D eigenvalue weighted by atomic mass is 9.86. The normalized spacial score (nSPS) is 15.5. The molecule has 1 aliphatic heterocycles. The highest BCUT2D eigenvalue weighted by molar-refractivity contribution is 7.88. The van der Waals surface area contributed by atoms with Gasteiger partial charge in [0.05, 0.1) is 12.4 Å². The monoisotopic (exact) mass is 415 g/mol. The minimum atomic E-state index is -3.67. The zero-order chi connectivity index (χ0) is 19.9. The summed E-state index contributed by atoms with van der Waals surface area (Å²) in [5.74, 6) is 0.389. The lowest BCUT2D eigenvalue weighted by molar-refractivity contribution is 0.241. The molecule has 3 N–H and O–H groups in total. The van der Waals surface area contributed by atoms with Crippen LogP contribution in [0.1, 0.15) is 28.4 Å². The summed E-state index contributed by atoms with van der Waals surface area (Å²) in [5.41, 5.74) is 4.65. The Kier molecular flexibility index (Phi) is 4.89. The number of ether oxygens (including phenoxy) is 1. The minimum Gasteiger partial charge on any atom is -0.480 e. The second-order valence-corrected chi connectivity index (χ2v) is 8.78. The van der Waals surface area contributed by atoms with Gasteiger partial charge in [-0.25, -0.2) is 13.6 Å². The van der Waals surface area contributed by atoms with Gasteiger partial charge in [0.2, 0.25) is 10.0 Å². The molecule has 144 valence electrons. The van der Waals surface area contributed by atoms with Gasteiger partial charge in [-0.1, -0.05) is 54.1 Å². The van der Waals surface area contributed by atoms with E-state index in [0.29, 0.717) is 16.3 Å². The third-order valence-corrected chi connectivity index (χ3v) is 5.69. The fourth-order valence-electron chi connectivity index (χ4n) is 3.60. The Balaban J connectivity index is 1.93. The highest BCUT2D eigenvalue weighted by Crippen LogP contribution is 2.47. The number of aliphatic hydroxyl groups excluding tert-OH is 1.